The Morgan fingerprint density at radius 2 is 1.63 bits per heavy atom. The predicted molar refractivity (Wildman–Crippen MR) is 103 cm³/mol. The van der Waals surface area contributed by atoms with Gasteiger partial charge in [-0.1, -0.05) is 11.8 Å². The van der Waals surface area contributed by atoms with Crippen LogP contribution in [0.15, 0.2) is 48.5 Å². The molecule has 0 unspecified atom stereocenters. The fraction of sp³-hybridized carbons (Fsp3) is 0.238. The fourth-order valence-corrected chi connectivity index (χ4v) is 2.12. The molecule has 0 fully saturated rings. The molecule has 0 aromatic heterocycles. The van der Waals surface area contributed by atoms with Gasteiger partial charge in [0.2, 0.25) is 0 Å². The molecule has 0 atom stereocenters. The third-order valence-electron chi connectivity index (χ3n) is 3.57. The summed E-state index contributed by atoms with van der Waals surface area (Å²) in [4.78, 5) is 25.1. The maximum atomic E-state index is 11.8. The SMILES string of the molecule is COc1ccc(OCC(=O)NCC#Cc2ccc(C(=O)N(C)C)cc2)cc1. The van der Waals surface area contributed by atoms with Crippen LogP contribution in [0.3, 0.4) is 0 Å². The Balaban J connectivity index is 1.75. The van der Waals surface area contributed by atoms with E-state index in [0.29, 0.717) is 11.3 Å². The second-order valence-electron chi connectivity index (χ2n) is 5.82. The molecule has 0 aliphatic rings. The normalized spacial score (nSPS) is 9.59. The van der Waals surface area contributed by atoms with Crippen molar-refractivity contribution in [2.24, 2.45) is 0 Å². The molecule has 1 N–H and O–H groups in total. The number of amides is 2. The first-order chi connectivity index (χ1) is 13.0. The molecule has 2 aromatic carbocycles. The molecule has 0 spiro atoms. The van der Waals surface area contributed by atoms with E-state index >= 15 is 0 Å². The van der Waals surface area contributed by atoms with Gasteiger partial charge in [-0.2, -0.15) is 0 Å². The number of hydrogen-bond donors (Lipinski definition) is 1. The largest absolute Gasteiger partial charge is 0.497 e. The lowest BCUT2D eigenvalue weighted by Crippen LogP contribution is -2.29. The molecule has 6 nitrogen and oxygen atoms in total. The first-order valence-corrected chi connectivity index (χ1v) is 8.33. The van der Waals surface area contributed by atoms with Crippen LogP contribution in [0.1, 0.15) is 15.9 Å². The van der Waals surface area contributed by atoms with Gasteiger partial charge in [-0.15, -0.1) is 0 Å². The lowest BCUT2D eigenvalue weighted by Gasteiger charge is -2.09. The van der Waals surface area contributed by atoms with Gasteiger partial charge in [0.1, 0.15) is 11.5 Å². The van der Waals surface area contributed by atoms with E-state index in [2.05, 4.69) is 17.2 Å². The van der Waals surface area contributed by atoms with Crippen LogP contribution in [-0.4, -0.2) is 51.1 Å². The van der Waals surface area contributed by atoms with E-state index in [-0.39, 0.29) is 25.0 Å². The van der Waals surface area contributed by atoms with Gasteiger partial charge in [0.15, 0.2) is 6.61 Å². The fourth-order valence-electron chi connectivity index (χ4n) is 2.12. The summed E-state index contributed by atoms with van der Waals surface area (Å²) in [6.45, 7) is 0.124. The molecular weight excluding hydrogens is 344 g/mol. The zero-order chi connectivity index (χ0) is 19.6. The van der Waals surface area contributed by atoms with Gasteiger partial charge in [0, 0.05) is 25.2 Å². The second kappa shape index (κ2) is 9.88. The van der Waals surface area contributed by atoms with Crippen LogP contribution in [0.25, 0.3) is 0 Å². The van der Waals surface area contributed by atoms with Gasteiger partial charge >= 0.3 is 0 Å². The molecule has 0 radical (unpaired) electrons. The van der Waals surface area contributed by atoms with Crippen molar-refractivity contribution in [2.45, 2.75) is 0 Å². The van der Waals surface area contributed by atoms with Crippen molar-refractivity contribution < 1.29 is 19.1 Å². The van der Waals surface area contributed by atoms with Crippen LogP contribution in [0, 0.1) is 11.8 Å². The lowest BCUT2D eigenvalue weighted by atomic mass is 10.1. The third-order valence-corrected chi connectivity index (χ3v) is 3.57. The van der Waals surface area contributed by atoms with Crippen LogP contribution in [0.2, 0.25) is 0 Å². The molecule has 0 saturated heterocycles. The summed E-state index contributed by atoms with van der Waals surface area (Å²) in [7, 11) is 5.00. The quantitative estimate of drug-likeness (QED) is 0.794. The Labute approximate surface area is 159 Å². The Hall–Kier alpha value is -3.46. The van der Waals surface area contributed by atoms with E-state index in [4.69, 9.17) is 9.47 Å². The first kappa shape index (κ1) is 19.9. The minimum Gasteiger partial charge on any atom is -0.497 e. The molecule has 2 rings (SSSR count). The maximum Gasteiger partial charge on any atom is 0.258 e. The van der Waals surface area contributed by atoms with Gasteiger partial charge in [0.25, 0.3) is 11.8 Å². The molecule has 140 valence electrons. The van der Waals surface area contributed by atoms with Crippen LogP contribution in [0.5, 0.6) is 11.5 Å². The smallest absolute Gasteiger partial charge is 0.258 e. The summed E-state index contributed by atoms with van der Waals surface area (Å²) >= 11 is 0. The lowest BCUT2D eigenvalue weighted by molar-refractivity contribution is -0.122. The number of carbonyl (C=O) groups is 2. The monoisotopic (exact) mass is 366 g/mol. The van der Waals surface area contributed by atoms with Crippen molar-refractivity contribution in [3.63, 3.8) is 0 Å². The summed E-state index contributed by atoms with van der Waals surface area (Å²) in [5.74, 6) is 6.80. The van der Waals surface area contributed by atoms with Crippen molar-refractivity contribution in [3.8, 4) is 23.3 Å². The Bertz CT molecular complexity index is 831. The number of nitrogens with one attached hydrogen (secondary N) is 1. The highest BCUT2D eigenvalue weighted by atomic mass is 16.5. The van der Waals surface area contributed by atoms with Crippen molar-refractivity contribution in [3.05, 3.63) is 59.7 Å². The first-order valence-electron chi connectivity index (χ1n) is 8.33. The summed E-state index contributed by atoms with van der Waals surface area (Å²) in [5.41, 5.74) is 1.38. The topological polar surface area (TPSA) is 67.9 Å². The zero-order valence-electron chi connectivity index (χ0n) is 15.6. The molecule has 2 aromatic rings. The predicted octanol–water partition coefficient (Wildman–Crippen LogP) is 1.94. The highest BCUT2D eigenvalue weighted by Gasteiger charge is 2.06. The molecular formula is C21H22N2O4. The number of hydrogen-bond acceptors (Lipinski definition) is 4. The van der Waals surface area contributed by atoms with Crippen molar-refractivity contribution >= 4 is 11.8 Å². The van der Waals surface area contributed by atoms with Crippen LogP contribution in [-0.2, 0) is 4.79 Å². The van der Waals surface area contributed by atoms with Crippen molar-refractivity contribution in [1.29, 1.82) is 0 Å². The Morgan fingerprint density at radius 3 is 2.22 bits per heavy atom. The average molecular weight is 366 g/mol. The zero-order valence-corrected chi connectivity index (χ0v) is 15.6. The highest BCUT2D eigenvalue weighted by molar-refractivity contribution is 5.93. The van der Waals surface area contributed by atoms with E-state index in [1.54, 1.807) is 69.7 Å². The van der Waals surface area contributed by atoms with Gasteiger partial charge in [-0.25, -0.2) is 0 Å². The summed E-state index contributed by atoms with van der Waals surface area (Å²) in [6, 6.07) is 14.0. The van der Waals surface area contributed by atoms with E-state index < -0.39 is 0 Å². The molecule has 0 aliphatic heterocycles. The minimum atomic E-state index is -0.257. The average Bonchev–Trinajstić information content (AvgIpc) is 2.70. The molecule has 27 heavy (non-hydrogen) atoms. The standard InChI is InChI=1S/C21H22N2O4/c1-23(2)21(25)17-8-6-16(7-9-17)5-4-14-22-20(24)15-27-19-12-10-18(26-3)11-13-19/h6-13H,14-15H2,1-3H3,(H,22,24). The van der Waals surface area contributed by atoms with Crippen molar-refractivity contribution in [2.75, 3.05) is 34.4 Å². The summed E-state index contributed by atoms with van der Waals surface area (Å²) < 4.78 is 10.4. The van der Waals surface area contributed by atoms with Crippen LogP contribution in [0.4, 0.5) is 0 Å². The molecule has 0 bridgehead atoms. The number of benzene rings is 2. The van der Waals surface area contributed by atoms with E-state index in [1.165, 1.54) is 4.90 Å². The molecule has 2 amide bonds. The number of carbonyl (C=O) groups excluding carboxylic acids is 2. The minimum absolute atomic E-state index is 0.0568. The number of rotatable bonds is 6. The van der Waals surface area contributed by atoms with E-state index in [0.717, 1.165) is 11.3 Å². The van der Waals surface area contributed by atoms with Gasteiger partial charge in [0.05, 0.1) is 13.7 Å². The van der Waals surface area contributed by atoms with E-state index in [9.17, 15) is 9.59 Å². The molecule has 0 aliphatic carbocycles. The number of nitrogens with zero attached hydrogens (tertiary/aromatic N) is 1. The second-order valence-corrected chi connectivity index (χ2v) is 5.82. The molecule has 0 heterocycles. The van der Waals surface area contributed by atoms with Crippen LogP contribution < -0.4 is 14.8 Å². The number of ether oxygens (including phenoxy) is 2. The van der Waals surface area contributed by atoms with Crippen LogP contribution >= 0.6 is 0 Å². The Morgan fingerprint density at radius 1 is 1.00 bits per heavy atom. The van der Waals surface area contributed by atoms with Crippen molar-refractivity contribution in [1.82, 2.24) is 10.2 Å². The maximum absolute atomic E-state index is 11.8. The molecule has 6 heteroatoms. The van der Waals surface area contributed by atoms with E-state index in [1.807, 2.05) is 0 Å². The third kappa shape index (κ3) is 6.40. The number of methoxy groups -OCH3 is 1. The highest BCUT2D eigenvalue weighted by Crippen LogP contribution is 2.16. The van der Waals surface area contributed by atoms with Gasteiger partial charge in [-0.05, 0) is 48.5 Å². The van der Waals surface area contributed by atoms with Gasteiger partial charge in [-0.3, -0.25) is 9.59 Å². The van der Waals surface area contributed by atoms with Gasteiger partial charge < -0.3 is 19.7 Å². The molecule has 0 saturated carbocycles. The Kier molecular flexibility index (Phi) is 7.26. The summed E-state index contributed by atoms with van der Waals surface area (Å²) in [6.07, 6.45) is 0. The summed E-state index contributed by atoms with van der Waals surface area (Å²) in [5, 5.41) is 2.67.